The molecule has 3 heteroatoms. The Bertz CT molecular complexity index is 451. The minimum Gasteiger partial charge on any atom is -0.445 e. The zero-order valence-electron chi connectivity index (χ0n) is 9.24. The van der Waals surface area contributed by atoms with E-state index in [1.165, 1.54) is 17.5 Å². The maximum absolute atomic E-state index is 5.28. The Balaban J connectivity index is 2.23. The van der Waals surface area contributed by atoms with Gasteiger partial charge in [0.25, 0.3) is 0 Å². The standard InChI is InChI=1S/C13H14BrNO/c1-10-9-12(13-15-7-8-16-13)5-4-11(10)3-2-6-14/h4-5,7-9H,2-3,6H2,1H3. The van der Waals surface area contributed by atoms with Crippen LogP contribution < -0.4 is 0 Å². The van der Waals surface area contributed by atoms with Crippen LogP contribution in [0.2, 0.25) is 0 Å². The van der Waals surface area contributed by atoms with Gasteiger partial charge in [-0.25, -0.2) is 4.98 Å². The van der Waals surface area contributed by atoms with E-state index in [0.717, 1.165) is 17.3 Å². The minimum atomic E-state index is 0.690. The van der Waals surface area contributed by atoms with Gasteiger partial charge in [-0.1, -0.05) is 22.0 Å². The first-order chi connectivity index (χ1) is 7.81. The average molecular weight is 280 g/mol. The van der Waals surface area contributed by atoms with Crippen LogP contribution in [0.1, 0.15) is 17.5 Å². The van der Waals surface area contributed by atoms with Gasteiger partial charge in [0.05, 0.1) is 6.20 Å². The molecular weight excluding hydrogens is 266 g/mol. The molecule has 0 atom stereocenters. The molecule has 0 unspecified atom stereocenters. The molecule has 1 heterocycles. The van der Waals surface area contributed by atoms with Crippen molar-refractivity contribution >= 4 is 15.9 Å². The van der Waals surface area contributed by atoms with E-state index in [1.807, 2.05) is 0 Å². The average Bonchev–Trinajstić information content (AvgIpc) is 2.81. The van der Waals surface area contributed by atoms with Crippen molar-refractivity contribution in [3.8, 4) is 11.5 Å². The highest BCUT2D eigenvalue weighted by Crippen LogP contribution is 2.21. The van der Waals surface area contributed by atoms with Gasteiger partial charge >= 0.3 is 0 Å². The molecule has 0 aliphatic carbocycles. The SMILES string of the molecule is Cc1cc(-c2ncco2)ccc1CCCBr. The summed E-state index contributed by atoms with van der Waals surface area (Å²) in [6.07, 6.45) is 5.55. The lowest BCUT2D eigenvalue weighted by Crippen LogP contribution is -1.91. The van der Waals surface area contributed by atoms with E-state index in [9.17, 15) is 0 Å². The highest BCUT2D eigenvalue weighted by atomic mass is 79.9. The summed E-state index contributed by atoms with van der Waals surface area (Å²) in [4.78, 5) is 4.15. The number of hydrogen-bond acceptors (Lipinski definition) is 2. The lowest BCUT2D eigenvalue weighted by atomic mass is 10.0. The molecule has 0 amide bonds. The molecule has 84 valence electrons. The fourth-order valence-electron chi connectivity index (χ4n) is 1.73. The number of aryl methyl sites for hydroxylation is 2. The number of hydrogen-bond donors (Lipinski definition) is 0. The van der Waals surface area contributed by atoms with E-state index in [4.69, 9.17) is 4.42 Å². The number of benzene rings is 1. The summed E-state index contributed by atoms with van der Waals surface area (Å²) in [6.45, 7) is 2.13. The molecule has 1 aromatic carbocycles. The fourth-order valence-corrected chi connectivity index (χ4v) is 2.01. The van der Waals surface area contributed by atoms with E-state index in [0.29, 0.717) is 5.89 Å². The summed E-state index contributed by atoms with van der Waals surface area (Å²) in [5.41, 5.74) is 3.75. The highest BCUT2D eigenvalue weighted by Gasteiger charge is 2.05. The number of alkyl halides is 1. The highest BCUT2D eigenvalue weighted by molar-refractivity contribution is 9.09. The van der Waals surface area contributed by atoms with Crippen LogP contribution in [-0.2, 0) is 6.42 Å². The molecular formula is C13H14BrNO. The third-order valence-corrected chi connectivity index (χ3v) is 3.16. The molecule has 2 rings (SSSR count). The van der Waals surface area contributed by atoms with Gasteiger partial charge in [-0.15, -0.1) is 0 Å². The fraction of sp³-hybridized carbons (Fsp3) is 0.308. The van der Waals surface area contributed by atoms with Crippen molar-refractivity contribution in [1.29, 1.82) is 0 Å². The summed E-state index contributed by atoms with van der Waals surface area (Å²) in [6, 6.07) is 6.37. The van der Waals surface area contributed by atoms with Gasteiger partial charge in [-0.3, -0.25) is 0 Å². The van der Waals surface area contributed by atoms with Gasteiger partial charge in [0, 0.05) is 10.9 Å². The van der Waals surface area contributed by atoms with Crippen LogP contribution in [0.3, 0.4) is 0 Å². The summed E-state index contributed by atoms with van der Waals surface area (Å²) in [5, 5.41) is 1.05. The van der Waals surface area contributed by atoms with Gasteiger partial charge in [-0.2, -0.15) is 0 Å². The smallest absolute Gasteiger partial charge is 0.225 e. The molecule has 0 bridgehead atoms. The molecule has 0 spiro atoms. The second kappa shape index (κ2) is 5.30. The van der Waals surface area contributed by atoms with Gasteiger partial charge in [-0.05, 0) is 43.0 Å². The lowest BCUT2D eigenvalue weighted by Gasteiger charge is -2.06. The molecule has 16 heavy (non-hydrogen) atoms. The van der Waals surface area contributed by atoms with Crippen LogP contribution in [0.4, 0.5) is 0 Å². The molecule has 2 aromatic rings. The molecule has 0 saturated carbocycles. The number of oxazole rings is 1. The van der Waals surface area contributed by atoms with Gasteiger partial charge in [0.2, 0.25) is 5.89 Å². The largest absolute Gasteiger partial charge is 0.445 e. The van der Waals surface area contributed by atoms with Gasteiger partial charge in [0.1, 0.15) is 6.26 Å². The summed E-state index contributed by atoms with van der Waals surface area (Å²) < 4.78 is 5.28. The lowest BCUT2D eigenvalue weighted by molar-refractivity contribution is 0.574. The molecule has 0 saturated heterocycles. The Morgan fingerprint density at radius 2 is 2.25 bits per heavy atom. The maximum atomic E-state index is 5.28. The number of rotatable bonds is 4. The van der Waals surface area contributed by atoms with Crippen LogP contribution in [-0.4, -0.2) is 10.3 Å². The first-order valence-electron chi connectivity index (χ1n) is 5.36. The minimum absolute atomic E-state index is 0.690. The summed E-state index contributed by atoms with van der Waals surface area (Å²) in [7, 11) is 0. The van der Waals surface area contributed by atoms with Crippen LogP contribution >= 0.6 is 15.9 Å². The first kappa shape index (κ1) is 11.4. The van der Waals surface area contributed by atoms with Crippen LogP contribution in [0.15, 0.2) is 35.1 Å². The predicted molar refractivity (Wildman–Crippen MR) is 68.8 cm³/mol. The van der Waals surface area contributed by atoms with E-state index < -0.39 is 0 Å². The van der Waals surface area contributed by atoms with Crippen molar-refractivity contribution in [2.24, 2.45) is 0 Å². The third-order valence-electron chi connectivity index (χ3n) is 2.60. The topological polar surface area (TPSA) is 26.0 Å². The predicted octanol–water partition coefficient (Wildman–Crippen LogP) is 3.98. The Morgan fingerprint density at radius 1 is 1.38 bits per heavy atom. The van der Waals surface area contributed by atoms with Crippen molar-refractivity contribution in [2.75, 3.05) is 5.33 Å². The third kappa shape index (κ3) is 2.53. The van der Waals surface area contributed by atoms with Crippen molar-refractivity contribution in [1.82, 2.24) is 4.98 Å². The maximum Gasteiger partial charge on any atom is 0.225 e. The second-order valence-corrected chi connectivity index (χ2v) is 4.56. The summed E-state index contributed by atoms with van der Waals surface area (Å²) >= 11 is 3.45. The van der Waals surface area contributed by atoms with E-state index in [-0.39, 0.29) is 0 Å². The van der Waals surface area contributed by atoms with Crippen LogP contribution in [0.25, 0.3) is 11.5 Å². The van der Waals surface area contributed by atoms with Crippen molar-refractivity contribution in [3.63, 3.8) is 0 Å². The van der Waals surface area contributed by atoms with Crippen molar-refractivity contribution in [2.45, 2.75) is 19.8 Å². The van der Waals surface area contributed by atoms with Crippen molar-refractivity contribution < 1.29 is 4.42 Å². The Kier molecular flexibility index (Phi) is 3.78. The number of nitrogens with zero attached hydrogens (tertiary/aromatic N) is 1. The number of halogens is 1. The normalized spacial score (nSPS) is 10.6. The zero-order valence-corrected chi connectivity index (χ0v) is 10.8. The molecule has 0 aliphatic rings. The Hall–Kier alpha value is -1.09. The zero-order chi connectivity index (χ0) is 11.4. The molecule has 0 radical (unpaired) electrons. The Labute approximate surface area is 104 Å². The molecule has 0 N–H and O–H groups in total. The summed E-state index contributed by atoms with van der Waals surface area (Å²) in [5.74, 6) is 0.690. The second-order valence-electron chi connectivity index (χ2n) is 3.77. The van der Waals surface area contributed by atoms with Crippen LogP contribution in [0, 0.1) is 6.92 Å². The molecule has 0 fully saturated rings. The molecule has 1 aromatic heterocycles. The number of aromatic nitrogens is 1. The quantitative estimate of drug-likeness (QED) is 0.792. The molecule has 0 aliphatic heterocycles. The van der Waals surface area contributed by atoms with Gasteiger partial charge < -0.3 is 4.42 Å². The van der Waals surface area contributed by atoms with Crippen LogP contribution in [0.5, 0.6) is 0 Å². The first-order valence-corrected chi connectivity index (χ1v) is 6.49. The van der Waals surface area contributed by atoms with E-state index in [2.05, 4.69) is 46.0 Å². The molecule has 2 nitrogen and oxygen atoms in total. The van der Waals surface area contributed by atoms with E-state index in [1.54, 1.807) is 12.5 Å². The monoisotopic (exact) mass is 279 g/mol. The van der Waals surface area contributed by atoms with E-state index >= 15 is 0 Å². The van der Waals surface area contributed by atoms with Gasteiger partial charge in [0.15, 0.2) is 0 Å². The van der Waals surface area contributed by atoms with Crippen molar-refractivity contribution in [3.05, 3.63) is 41.8 Å². The Morgan fingerprint density at radius 3 is 2.88 bits per heavy atom.